The topological polar surface area (TPSA) is 57.8 Å². The number of aromatic amines is 1. The number of piperidine rings is 1. The van der Waals surface area contributed by atoms with Crippen molar-refractivity contribution in [3.05, 3.63) is 58.4 Å². The average Bonchev–Trinajstić information content (AvgIpc) is 2.75. The molecule has 2 aliphatic rings. The number of aromatic nitrogens is 1. The van der Waals surface area contributed by atoms with E-state index in [-0.39, 0.29) is 17.7 Å². The lowest BCUT2D eigenvalue weighted by Crippen LogP contribution is -2.51. The smallest absolute Gasteiger partial charge is 0.251 e. The van der Waals surface area contributed by atoms with Crippen molar-refractivity contribution in [3.63, 3.8) is 0 Å². The zero-order valence-corrected chi connectivity index (χ0v) is 16.5. The third kappa shape index (κ3) is 4.23. The molecule has 2 fully saturated rings. The van der Waals surface area contributed by atoms with Crippen molar-refractivity contribution in [1.82, 2.24) is 4.98 Å². The number of morpholine rings is 1. The monoisotopic (exact) mass is 383 g/mol. The first kappa shape index (κ1) is 19.0. The molecule has 1 N–H and O–H groups in total. The highest BCUT2D eigenvalue weighted by molar-refractivity contribution is 5.56. The SMILES string of the molecule is CO[C@@H]1CCCN(c2cc(N3CCOCC3)cc(=O)[nH]2)[C@@H]1Cc1ccccc1. The van der Waals surface area contributed by atoms with Gasteiger partial charge in [-0.1, -0.05) is 30.3 Å². The maximum absolute atomic E-state index is 12.4. The van der Waals surface area contributed by atoms with Crippen LogP contribution in [0.15, 0.2) is 47.3 Å². The fourth-order valence-electron chi connectivity index (χ4n) is 4.37. The number of nitrogens with one attached hydrogen (secondary N) is 1. The second-order valence-corrected chi connectivity index (χ2v) is 7.55. The van der Waals surface area contributed by atoms with Gasteiger partial charge in [-0.25, -0.2) is 0 Å². The summed E-state index contributed by atoms with van der Waals surface area (Å²) in [5.74, 6) is 0.886. The minimum absolute atomic E-state index is 0.0583. The summed E-state index contributed by atoms with van der Waals surface area (Å²) in [7, 11) is 1.79. The number of anilines is 2. The van der Waals surface area contributed by atoms with E-state index >= 15 is 0 Å². The summed E-state index contributed by atoms with van der Waals surface area (Å²) in [5.41, 5.74) is 2.20. The van der Waals surface area contributed by atoms with Gasteiger partial charge in [0.05, 0.1) is 25.4 Å². The van der Waals surface area contributed by atoms with Gasteiger partial charge in [0, 0.05) is 44.6 Å². The third-order valence-corrected chi connectivity index (χ3v) is 5.81. The molecule has 4 rings (SSSR count). The van der Waals surface area contributed by atoms with Crippen LogP contribution in [-0.4, -0.2) is 57.1 Å². The van der Waals surface area contributed by atoms with Crippen molar-refractivity contribution >= 4 is 11.5 Å². The number of benzene rings is 1. The van der Waals surface area contributed by atoms with Crippen molar-refractivity contribution < 1.29 is 9.47 Å². The summed E-state index contributed by atoms with van der Waals surface area (Å²) in [6, 6.07) is 14.5. The predicted octanol–water partition coefficient (Wildman–Crippen LogP) is 2.44. The lowest BCUT2D eigenvalue weighted by atomic mass is 9.92. The van der Waals surface area contributed by atoms with E-state index in [1.807, 2.05) is 6.07 Å². The number of pyridine rings is 1. The Morgan fingerprint density at radius 1 is 1.14 bits per heavy atom. The predicted molar refractivity (Wildman–Crippen MR) is 111 cm³/mol. The van der Waals surface area contributed by atoms with Crippen LogP contribution in [0.2, 0.25) is 0 Å². The van der Waals surface area contributed by atoms with Crippen LogP contribution >= 0.6 is 0 Å². The largest absolute Gasteiger partial charge is 0.379 e. The Morgan fingerprint density at radius 2 is 1.93 bits per heavy atom. The minimum Gasteiger partial charge on any atom is -0.379 e. The van der Waals surface area contributed by atoms with Gasteiger partial charge in [0.25, 0.3) is 5.56 Å². The van der Waals surface area contributed by atoms with Crippen LogP contribution in [0.1, 0.15) is 18.4 Å². The van der Waals surface area contributed by atoms with Crippen molar-refractivity contribution in [2.24, 2.45) is 0 Å². The molecule has 2 saturated heterocycles. The number of H-pyrrole nitrogens is 1. The van der Waals surface area contributed by atoms with Gasteiger partial charge in [-0.2, -0.15) is 0 Å². The second kappa shape index (κ2) is 8.80. The molecule has 0 bridgehead atoms. The maximum Gasteiger partial charge on any atom is 0.251 e. The Morgan fingerprint density at radius 3 is 2.68 bits per heavy atom. The summed E-state index contributed by atoms with van der Waals surface area (Å²) in [6.45, 7) is 3.95. The second-order valence-electron chi connectivity index (χ2n) is 7.55. The molecule has 0 spiro atoms. The zero-order chi connectivity index (χ0) is 19.3. The Hall–Kier alpha value is -2.31. The van der Waals surface area contributed by atoms with E-state index in [0.717, 1.165) is 50.4 Å². The summed E-state index contributed by atoms with van der Waals surface area (Å²) >= 11 is 0. The highest BCUT2D eigenvalue weighted by atomic mass is 16.5. The Bertz CT molecular complexity index is 817. The van der Waals surface area contributed by atoms with E-state index in [1.165, 1.54) is 5.56 Å². The first-order chi connectivity index (χ1) is 13.7. The Balaban J connectivity index is 1.64. The number of methoxy groups -OCH3 is 1. The lowest BCUT2D eigenvalue weighted by molar-refractivity contribution is 0.0573. The Labute approximate surface area is 166 Å². The number of hydrogen-bond acceptors (Lipinski definition) is 5. The first-order valence-electron chi connectivity index (χ1n) is 10.1. The van der Waals surface area contributed by atoms with Crippen LogP contribution in [-0.2, 0) is 15.9 Å². The van der Waals surface area contributed by atoms with Gasteiger partial charge < -0.3 is 24.3 Å². The van der Waals surface area contributed by atoms with Crippen LogP contribution in [0.3, 0.4) is 0 Å². The molecule has 2 atom stereocenters. The molecule has 3 heterocycles. The van der Waals surface area contributed by atoms with Crippen LogP contribution < -0.4 is 15.4 Å². The van der Waals surface area contributed by atoms with Gasteiger partial charge in [0.2, 0.25) is 0 Å². The molecule has 0 radical (unpaired) electrons. The molecule has 2 aliphatic heterocycles. The quantitative estimate of drug-likeness (QED) is 0.859. The Kier molecular flexibility index (Phi) is 5.98. The lowest BCUT2D eigenvalue weighted by Gasteiger charge is -2.42. The summed E-state index contributed by atoms with van der Waals surface area (Å²) in [4.78, 5) is 20.1. The summed E-state index contributed by atoms with van der Waals surface area (Å²) < 4.78 is 11.3. The molecule has 28 heavy (non-hydrogen) atoms. The number of rotatable bonds is 5. The van der Waals surface area contributed by atoms with E-state index in [1.54, 1.807) is 13.2 Å². The van der Waals surface area contributed by atoms with E-state index < -0.39 is 0 Å². The van der Waals surface area contributed by atoms with Gasteiger partial charge >= 0.3 is 0 Å². The molecular weight excluding hydrogens is 354 g/mol. The molecule has 0 saturated carbocycles. The maximum atomic E-state index is 12.4. The van der Waals surface area contributed by atoms with Crippen molar-refractivity contribution in [2.45, 2.75) is 31.4 Å². The average molecular weight is 383 g/mol. The van der Waals surface area contributed by atoms with Crippen LogP contribution in [0.4, 0.5) is 11.5 Å². The zero-order valence-electron chi connectivity index (χ0n) is 16.5. The van der Waals surface area contributed by atoms with Crippen LogP contribution in [0.5, 0.6) is 0 Å². The normalized spacial score (nSPS) is 23.0. The molecule has 6 heteroatoms. The molecule has 0 amide bonds. The molecule has 1 aromatic carbocycles. The van der Waals surface area contributed by atoms with Crippen molar-refractivity contribution in [3.8, 4) is 0 Å². The van der Waals surface area contributed by atoms with Crippen molar-refractivity contribution in [2.75, 3.05) is 49.8 Å². The van der Waals surface area contributed by atoms with Gasteiger partial charge in [0.1, 0.15) is 5.82 Å². The van der Waals surface area contributed by atoms with Crippen molar-refractivity contribution in [1.29, 1.82) is 0 Å². The molecule has 150 valence electrons. The van der Waals surface area contributed by atoms with Crippen LogP contribution in [0, 0.1) is 0 Å². The van der Waals surface area contributed by atoms with E-state index in [2.05, 4.69) is 45.1 Å². The molecule has 6 nitrogen and oxygen atoms in total. The third-order valence-electron chi connectivity index (χ3n) is 5.81. The van der Waals surface area contributed by atoms with Gasteiger partial charge in [-0.3, -0.25) is 4.79 Å². The van der Waals surface area contributed by atoms with Crippen LogP contribution in [0.25, 0.3) is 0 Å². The molecule has 0 aliphatic carbocycles. The fourth-order valence-corrected chi connectivity index (χ4v) is 4.37. The van der Waals surface area contributed by atoms with Gasteiger partial charge in [0.15, 0.2) is 0 Å². The van der Waals surface area contributed by atoms with E-state index in [9.17, 15) is 4.79 Å². The number of ether oxygens (including phenoxy) is 2. The first-order valence-corrected chi connectivity index (χ1v) is 10.1. The molecule has 1 aromatic heterocycles. The standard InChI is InChI=1S/C22H29N3O3/c1-27-20-8-5-9-25(19(20)14-17-6-3-2-4-7-17)21-15-18(16-22(26)23-21)24-10-12-28-13-11-24/h2-4,6-7,15-16,19-20H,5,8-14H2,1H3,(H,23,26)/t19-,20-/m1/s1. The van der Waals surface area contributed by atoms with E-state index in [4.69, 9.17) is 9.47 Å². The number of hydrogen-bond donors (Lipinski definition) is 1. The highest BCUT2D eigenvalue weighted by Crippen LogP contribution is 2.29. The number of nitrogens with zero attached hydrogens (tertiary/aromatic N) is 2. The van der Waals surface area contributed by atoms with E-state index in [0.29, 0.717) is 13.2 Å². The highest BCUT2D eigenvalue weighted by Gasteiger charge is 2.32. The molecule has 2 aromatic rings. The molecule has 0 unspecified atom stereocenters. The van der Waals surface area contributed by atoms with Gasteiger partial charge in [-0.15, -0.1) is 0 Å². The minimum atomic E-state index is -0.0583. The van der Waals surface area contributed by atoms with Gasteiger partial charge in [-0.05, 0) is 24.8 Å². The molecular formula is C22H29N3O3. The fraction of sp³-hybridized carbons (Fsp3) is 0.500. The summed E-state index contributed by atoms with van der Waals surface area (Å²) in [6.07, 6.45) is 3.12. The summed E-state index contributed by atoms with van der Waals surface area (Å²) in [5, 5.41) is 0.